The van der Waals surface area contributed by atoms with Gasteiger partial charge in [0.2, 0.25) is 0 Å². The van der Waals surface area contributed by atoms with E-state index in [0.717, 1.165) is 25.9 Å². The third-order valence-electron chi connectivity index (χ3n) is 4.11. The van der Waals surface area contributed by atoms with Gasteiger partial charge in [-0.25, -0.2) is 4.79 Å². The summed E-state index contributed by atoms with van der Waals surface area (Å²) in [5, 5.41) is 13.2. The first kappa shape index (κ1) is 15.6. The van der Waals surface area contributed by atoms with Gasteiger partial charge in [-0.3, -0.25) is 0 Å². The van der Waals surface area contributed by atoms with Gasteiger partial charge in [-0.2, -0.15) is 0 Å². The van der Waals surface area contributed by atoms with Gasteiger partial charge in [-0.15, -0.1) is 0 Å². The lowest BCUT2D eigenvalue weighted by Crippen LogP contribution is -2.42. The summed E-state index contributed by atoms with van der Waals surface area (Å²) in [6, 6.07) is 4.72. The number of nitrogens with one attached hydrogen (secondary N) is 1. The third-order valence-corrected chi connectivity index (χ3v) is 4.11. The molecule has 0 atom stereocenters. The highest BCUT2D eigenvalue weighted by atomic mass is 16.6. The highest BCUT2D eigenvalue weighted by Crippen LogP contribution is 2.33. The second-order valence-corrected chi connectivity index (χ2v) is 5.87. The van der Waals surface area contributed by atoms with Crippen molar-refractivity contribution in [3.63, 3.8) is 0 Å². The molecule has 0 unspecified atom stereocenters. The summed E-state index contributed by atoms with van der Waals surface area (Å²) in [6.07, 6.45) is 1.94. The summed E-state index contributed by atoms with van der Waals surface area (Å²) in [5.74, 6) is -0.0467. The first-order valence-corrected chi connectivity index (χ1v) is 7.25. The molecule has 1 aliphatic heterocycles. The van der Waals surface area contributed by atoms with Crippen LogP contribution in [0.15, 0.2) is 18.2 Å². The van der Waals surface area contributed by atoms with Crippen LogP contribution in [0.4, 0.5) is 0 Å². The zero-order valence-corrected chi connectivity index (χ0v) is 12.8. The fourth-order valence-corrected chi connectivity index (χ4v) is 2.79. The number of aromatic hydroxyl groups is 1. The summed E-state index contributed by atoms with van der Waals surface area (Å²) in [7, 11) is 1.46. The molecule has 1 fully saturated rings. The Morgan fingerprint density at radius 2 is 2.00 bits per heavy atom. The maximum Gasteiger partial charge on any atom is 0.346 e. The molecule has 5 heteroatoms. The quantitative estimate of drug-likeness (QED) is 0.834. The molecule has 0 aromatic heterocycles. The Balaban J connectivity index is 2.17. The summed E-state index contributed by atoms with van der Waals surface area (Å²) in [6.45, 7) is 5.72. The fourth-order valence-electron chi connectivity index (χ4n) is 2.79. The average molecular weight is 293 g/mol. The van der Waals surface area contributed by atoms with Crippen LogP contribution in [0, 0.1) is 5.92 Å². The summed E-state index contributed by atoms with van der Waals surface area (Å²) < 4.78 is 10.8. The van der Waals surface area contributed by atoms with Gasteiger partial charge < -0.3 is 19.9 Å². The molecule has 2 rings (SSSR count). The van der Waals surface area contributed by atoms with Gasteiger partial charge in [0.05, 0.1) is 7.11 Å². The average Bonchev–Trinajstić information content (AvgIpc) is 2.47. The molecular weight excluding hydrogens is 270 g/mol. The van der Waals surface area contributed by atoms with Crippen molar-refractivity contribution < 1.29 is 19.4 Å². The van der Waals surface area contributed by atoms with Crippen molar-refractivity contribution in [2.75, 3.05) is 20.2 Å². The minimum atomic E-state index is -0.577. The maximum absolute atomic E-state index is 12.4. The van der Waals surface area contributed by atoms with E-state index in [-0.39, 0.29) is 11.3 Å². The molecule has 5 nitrogen and oxygen atoms in total. The van der Waals surface area contributed by atoms with Crippen LogP contribution in [-0.2, 0) is 4.74 Å². The summed E-state index contributed by atoms with van der Waals surface area (Å²) in [4.78, 5) is 12.4. The van der Waals surface area contributed by atoms with E-state index >= 15 is 0 Å². The number of phenols is 1. The molecule has 2 N–H and O–H groups in total. The van der Waals surface area contributed by atoms with Gasteiger partial charge in [0.25, 0.3) is 0 Å². The SMILES string of the molecule is COc1cccc(O)c1C(=O)OC(C)(C)C1CCNCC1. The Bertz CT molecular complexity index is 507. The Labute approximate surface area is 125 Å². The molecule has 0 bridgehead atoms. The van der Waals surface area contributed by atoms with Gasteiger partial charge in [0.15, 0.2) is 0 Å². The monoisotopic (exact) mass is 293 g/mol. The molecule has 116 valence electrons. The van der Waals surface area contributed by atoms with Crippen molar-refractivity contribution in [2.45, 2.75) is 32.3 Å². The van der Waals surface area contributed by atoms with E-state index in [1.807, 2.05) is 13.8 Å². The molecule has 21 heavy (non-hydrogen) atoms. The number of carbonyl (C=O) groups excluding carboxylic acids is 1. The van der Waals surface area contributed by atoms with Crippen LogP contribution >= 0.6 is 0 Å². The first-order valence-electron chi connectivity index (χ1n) is 7.25. The highest BCUT2D eigenvalue weighted by Gasteiger charge is 2.35. The van der Waals surface area contributed by atoms with E-state index in [1.165, 1.54) is 13.2 Å². The predicted molar refractivity (Wildman–Crippen MR) is 79.7 cm³/mol. The molecule has 0 aliphatic carbocycles. The molecule has 1 heterocycles. The third kappa shape index (κ3) is 3.47. The van der Waals surface area contributed by atoms with Gasteiger partial charge in [0, 0.05) is 5.92 Å². The molecule has 1 aromatic rings. The molecule has 1 aliphatic rings. The van der Waals surface area contributed by atoms with Crippen molar-refractivity contribution in [3.8, 4) is 11.5 Å². The van der Waals surface area contributed by atoms with Crippen LogP contribution in [0.3, 0.4) is 0 Å². The number of hydrogen-bond donors (Lipinski definition) is 2. The lowest BCUT2D eigenvalue weighted by atomic mass is 9.83. The van der Waals surface area contributed by atoms with E-state index in [0.29, 0.717) is 11.7 Å². The van der Waals surface area contributed by atoms with Crippen molar-refractivity contribution in [1.82, 2.24) is 5.32 Å². The number of carbonyl (C=O) groups is 1. The number of benzene rings is 1. The smallest absolute Gasteiger partial charge is 0.346 e. The second-order valence-electron chi connectivity index (χ2n) is 5.87. The Kier molecular flexibility index (Phi) is 4.73. The molecule has 1 aromatic carbocycles. The molecule has 0 radical (unpaired) electrons. The molecule has 0 amide bonds. The van der Waals surface area contributed by atoms with Crippen LogP contribution in [0.2, 0.25) is 0 Å². The number of hydrogen-bond acceptors (Lipinski definition) is 5. The molecular formula is C16H23NO4. The van der Waals surface area contributed by atoms with Gasteiger partial charge in [-0.1, -0.05) is 6.07 Å². The first-order chi connectivity index (χ1) is 9.95. The van der Waals surface area contributed by atoms with Gasteiger partial charge >= 0.3 is 5.97 Å². The largest absolute Gasteiger partial charge is 0.507 e. The summed E-state index contributed by atoms with van der Waals surface area (Å²) in [5.41, 5.74) is -0.492. The van der Waals surface area contributed by atoms with Crippen LogP contribution in [0.25, 0.3) is 0 Å². The van der Waals surface area contributed by atoms with Crippen LogP contribution < -0.4 is 10.1 Å². The van der Waals surface area contributed by atoms with E-state index in [4.69, 9.17) is 9.47 Å². The number of methoxy groups -OCH3 is 1. The van der Waals surface area contributed by atoms with Gasteiger partial charge in [0.1, 0.15) is 22.7 Å². The molecule has 0 spiro atoms. The lowest BCUT2D eigenvalue weighted by molar-refractivity contribution is -0.0372. The van der Waals surface area contributed by atoms with E-state index in [1.54, 1.807) is 12.1 Å². The zero-order valence-electron chi connectivity index (χ0n) is 12.8. The van der Waals surface area contributed by atoms with E-state index < -0.39 is 11.6 Å². The van der Waals surface area contributed by atoms with E-state index in [2.05, 4.69) is 5.32 Å². The second kappa shape index (κ2) is 6.35. The van der Waals surface area contributed by atoms with Crippen molar-refractivity contribution >= 4 is 5.97 Å². The maximum atomic E-state index is 12.4. The van der Waals surface area contributed by atoms with Crippen molar-refractivity contribution in [2.24, 2.45) is 5.92 Å². The summed E-state index contributed by atoms with van der Waals surface area (Å²) >= 11 is 0. The molecule has 0 saturated carbocycles. The Morgan fingerprint density at radius 1 is 1.33 bits per heavy atom. The van der Waals surface area contributed by atoms with Crippen LogP contribution in [0.1, 0.15) is 37.0 Å². The minimum Gasteiger partial charge on any atom is -0.507 e. The number of piperidine rings is 1. The Hall–Kier alpha value is -1.75. The van der Waals surface area contributed by atoms with Crippen molar-refractivity contribution in [3.05, 3.63) is 23.8 Å². The lowest BCUT2D eigenvalue weighted by Gasteiger charge is -2.36. The zero-order chi connectivity index (χ0) is 15.5. The Morgan fingerprint density at radius 3 is 2.62 bits per heavy atom. The van der Waals surface area contributed by atoms with Crippen LogP contribution in [0.5, 0.6) is 11.5 Å². The van der Waals surface area contributed by atoms with E-state index in [9.17, 15) is 9.90 Å². The number of esters is 1. The predicted octanol–water partition coefficient (Wildman–Crippen LogP) is 2.34. The van der Waals surface area contributed by atoms with Gasteiger partial charge in [-0.05, 0) is 51.9 Å². The number of rotatable bonds is 4. The number of phenolic OH excluding ortho intramolecular Hbond substituents is 1. The molecule has 1 saturated heterocycles. The van der Waals surface area contributed by atoms with Crippen molar-refractivity contribution in [1.29, 1.82) is 0 Å². The van der Waals surface area contributed by atoms with Crippen LogP contribution in [-0.4, -0.2) is 36.9 Å². The number of ether oxygens (including phenoxy) is 2. The standard InChI is InChI=1S/C16H23NO4/c1-16(2,11-7-9-17-10-8-11)21-15(19)14-12(18)5-4-6-13(14)20-3/h4-6,11,17-18H,7-10H2,1-3H3. The topological polar surface area (TPSA) is 67.8 Å². The normalized spacial score (nSPS) is 16.5. The fraction of sp³-hybridized carbons (Fsp3) is 0.562. The highest BCUT2D eigenvalue weighted by molar-refractivity contribution is 5.95. The minimum absolute atomic E-state index is 0.0852.